The zero-order chi connectivity index (χ0) is 11.8. The third-order valence-electron chi connectivity index (χ3n) is 3.24. The van der Waals surface area contributed by atoms with E-state index in [2.05, 4.69) is 0 Å². The molecule has 1 aliphatic rings. The highest BCUT2D eigenvalue weighted by molar-refractivity contribution is 5.89. The van der Waals surface area contributed by atoms with E-state index in [-0.39, 0.29) is 5.56 Å². The number of carboxylic acid groups (broad SMARTS) is 1. The first-order valence-electron chi connectivity index (χ1n) is 5.35. The van der Waals surface area contributed by atoms with Crippen LogP contribution in [0.25, 0.3) is 0 Å². The van der Waals surface area contributed by atoms with E-state index in [0.717, 1.165) is 31.7 Å². The van der Waals surface area contributed by atoms with Gasteiger partial charge in [-0.25, -0.2) is 9.18 Å². The van der Waals surface area contributed by atoms with Gasteiger partial charge in [-0.3, -0.25) is 0 Å². The summed E-state index contributed by atoms with van der Waals surface area (Å²) in [6.07, 6.45) is 3.51. The van der Waals surface area contributed by atoms with Gasteiger partial charge in [0.2, 0.25) is 0 Å². The van der Waals surface area contributed by atoms with Crippen LogP contribution in [-0.4, -0.2) is 11.1 Å². The van der Waals surface area contributed by atoms with Crippen molar-refractivity contribution < 1.29 is 14.3 Å². The monoisotopic (exact) mass is 223 g/mol. The van der Waals surface area contributed by atoms with Gasteiger partial charge in [-0.1, -0.05) is 18.9 Å². The van der Waals surface area contributed by atoms with Crippen molar-refractivity contribution >= 4 is 5.97 Å². The Morgan fingerprint density at radius 2 is 2.00 bits per heavy atom. The Morgan fingerprint density at radius 1 is 1.38 bits per heavy atom. The number of carboxylic acids is 1. The average molecular weight is 223 g/mol. The van der Waals surface area contributed by atoms with E-state index in [1.165, 1.54) is 12.1 Å². The molecule has 3 N–H and O–H groups in total. The van der Waals surface area contributed by atoms with Crippen LogP contribution in [0.3, 0.4) is 0 Å². The van der Waals surface area contributed by atoms with Crippen LogP contribution in [0.1, 0.15) is 41.6 Å². The Kier molecular flexibility index (Phi) is 2.68. The van der Waals surface area contributed by atoms with Crippen LogP contribution >= 0.6 is 0 Å². The van der Waals surface area contributed by atoms with Crippen molar-refractivity contribution in [2.75, 3.05) is 0 Å². The molecule has 2 rings (SSSR count). The minimum Gasteiger partial charge on any atom is -0.478 e. The van der Waals surface area contributed by atoms with E-state index in [9.17, 15) is 9.18 Å². The third kappa shape index (κ3) is 1.80. The SMILES string of the molecule is NC1(c2ccc(F)cc2C(=O)O)CCCC1. The lowest BCUT2D eigenvalue weighted by Crippen LogP contribution is -2.35. The van der Waals surface area contributed by atoms with Gasteiger partial charge in [0.05, 0.1) is 5.56 Å². The molecule has 0 heterocycles. The molecule has 86 valence electrons. The molecular formula is C12H14FNO2. The Hall–Kier alpha value is -1.42. The summed E-state index contributed by atoms with van der Waals surface area (Å²) >= 11 is 0. The molecule has 0 radical (unpaired) electrons. The molecule has 0 amide bonds. The van der Waals surface area contributed by atoms with Crippen molar-refractivity contribution in [3.63, 3.8) is 0 Å². The summed E-state index contributed by atoms with van der Waals surface area (Å²) < 4.78 is 13.0. The van der Waals surface area contributed by atoms with Crippen molar-refractivity contribution in [1.29, 1.82) is 0 Å². The summed E-state index contributed by atoms with van der Waals surface area (Å²) in [7, 11) is 0. The molecule has 1 saturated carbocycles. The maximum absolute atomic E-state index is 13.0. The molecule has 0 aliphatic heterocycles. The van der Waals surface area contributed by atoms with Crippen molar-refractivity contribution in [2.45, 2.75) is 31.2 Å². The summed E-state index contributed by atoms with van der Waals surface area (Å²) in [5, 5.41) is 9.04. The maximum atomic E-state index is 13.0. The number of halogens is 1. The number of hydrogen-bond acceptors (Lipinski definition) is 2. The van der Waals surface area contributed by atoms with Gasteiger partial charge in [-0.15, -0.1) is 0 Å². The standard InChI is InChI=1S/C12H14FNO2/c13-8-3-4-10(9(7-8)11(15)16)12(14)5-1-2-6-12/h3-4,7H,1-2,5-6,14H2,(H,15,16). The Balaban J connectivity index is 2.51. The molecule has 1 fully saturated rings. The molecule has 1 aromatic rings. The van der Waals surface area contributed by atoms with Gasteiger partial charge in [-0.2, -0.15) is 0 Å². The van der Waals surface area contributed by atoms with Gasteiger partial charge in [0.25, 0.3) is 0 Å². The first-order chi connectivity index (χ1) is 7.53. The summed E-state index contributed by atoms with van der Waals surface area (Å²) in [6.45, 7) is 0. The van der Waals surface area contributed by atoms with Gasteiger partial charge < -0.3 is 10.8 Å². The molecule has 1 aromatic carbocycles. The molecule has 0 unspecified atom stereocenters. The second-order valence-corrected chi connectivity index (χ2v) is 4.36. The van der Waals surface area contributed by atoms with E-state index in [4.69, 9.17) is 10.8 Å². The van der Waals surface area contributed by atoms with Crippen LogP contribution in [0, 0.1) is 5.82 Å². The summed E-state index contributed by atoms with van der Waals surface area (Å²) in [5.74, 6) is -1.66. The van der Waals surface area contributed by atoms with Gasteiger partial charge in [-0.05, 0) is 30.5 Å². The Morgan fingerprint density at radius 3 is 2.56 bits per heavy atom. The minimum atomic E-state index is -1.12. The molecule has 0 aromatic heterocycles. The number of rotatable bonds is 2. The Labute approximate surface area is 93.1 Å². The van der Waals surface area contributed by atoms with Crippen molar-refractivity contribution in [3.05, 3.63) is 35.1 Å². The van der Waals surface area contributed by atoms with Crippen LogP contribution < -0.4 is 5.73 Å². The van der Waals surface area contributed by atoms with Crippen molar-refractivity contribution in [3.8, 4) is 0 Å². The average Bonchev–Trinajstić information content (AvgIpc) is 2.66. The first kappa shape index (κ1) is 11.1. The second kappa shape index (κ2) is 3.87. The first-order valence-corrected chi connectivity index (χ1v) is 5.35. The predicted octanol–water partition coefficient (Wildman–Crippen LogP) is 2.25. The number of hydrogen-bond donors (Lipinski definition) is 2. The van der Waals surface area contributed by atoms with Crippen molar-refractivity contribution in [1.82, 2.24) is 0 Å². The topological polar surface area (TPSA) is 63.3 Å². The molecule has 1 aliphatic carbocycles. The number of nitrogens with two attached hydrogens (primary N) is 1. The minimum absolute atomic E-state index is 0.00981. The normalized spacial score (nSPS) is 18.6. The highest BCUT2D eigenvalue weighted by Gasteiger charge is 2.34. The molecule has 0 spiro atoms. The summed E-state index contributed by atoms with van der Waals surface area (Å²) in [4.78, 5) is 11.1. The predicted molar refractivity (Wildman–Crippen MR) is 57.7 cm³/mol. The van der Waals surface area contributed by atoms with Gasteiger partial charge >= 0.3 is 5.97 Å². The lowest BCUT2D eigenvalue weighted by Gasteiger charge is -2.25. The number of carbonyl (C=O) groups is 1. The fraction of sp³-hybridized carbons (Fsp3) is 0.417. The van der Waals surface area contributed by atoms with Crippen molar-refractivity contribution in [2.24, 2.45) is 5.73 Å². The molecule has 0 atom stereocenters. The van der Waals surface area contributed by atoms with Gasteiger partial charge in [0, 0.05) is 5.54 Å². The van der Waals surface area contributed by atoms with Crippen LogP contribution in [-0.2, 0) is 5.54 Å². The van der Waals surface area contributed by atoms with E-state index in [1.807, 2.05) is 0 Å². The highest BCUT2D eigenvalue weighted by Crippen LogP contribution is 2.38. The molecular weight excluding hydrogens is 209 g/mol. The molecule has 0 bridgehead atoms. The second-order valence-electron chi connectivity index (χ2n) is 4.36. The van der Waals surface area contributed by atoms with E-state index in [0.29, 0.717) is 5.56 Å². The maximum Gasteiger partial charge on any atom is 0.336 e. The Bertz CT molecular complexity index is 425. The smallest absolute Gasteiger partial charge is 0.336 e. The molecule has 4 heteroatoms. The largest absolute Gasteiger partial charge is 0.478 e. The van der Waals surface area contributed by atoms with Crippen LogP contribution in [0.5, 0.6) is 0 Å². The lowest BCUT2D eigenvalue weighted by molar-refractivity contribution is 0.0693. The van der Waals surface area contributed by atoms with Crippen LogP contribution in [0.15, 0.2) is 18.2 Å². The zero-order valence-corrected chi connectivity index (χ0v) is 8.87. The van der Waals surface area contributed by atoms with Gasteiger partial charge in [0.15, 0.2) is 0 Å². The zero-order valence-electron chi connectivity index (χ0n) is 8.87. The summed E-state index contributed by atoms with van der Waals surface area (Å²) in [6, 6.07) is 3.82. The van der Waals surface area contributed by atoms with E-state index < -0.39 is 17.3 Å². The summed E-state index contributed by atoms with van der Waals surface area (Å²) in [5.41, 5.74) is 6.13. The van der Waals surface area contributed by atoms with E-state index >= 15 is 0 Å². The number of benzene rings is 1. The highest BCUT2D eigenvalue weighted by atomic mass is 19.1. The fourth-order valence-electron chi connectivity index (χ4n) is 2.40. The molecule has 16 heavy (non-hydrogen) atoms. The lowest BCUT2D eigenvalue weighted by atomic mass is 9.86. The number of aromatic carboxylic acids is 1. The fourth-order valence-corrected chi connectivity index (χ4v) is 2.40. The van der Waals surface area contributed by atoms with Crippen LogP contribution in [0.4, 0.5) is 4.39 Å². The molecule has 3 nitrogen and oxygen atoms in total. The van der Waals surface area contributed by atoms with Gasteiger partial charge in [0.1, 0.15) is 5.82 Å². The molecule has 0 saturated heterocycles. The quantitative estimate of drug-likeness (QED) is 0.808. The van der Waals surface area contributed by atoms with E-state index in [1.54, 1.807) is 0 Å². The third-order valence-corrected chi connectivity index (χ3v) is 3.24. The van der Waals surface area contributed by atoms with Crippen LogP contribution in [0.2, 0.25) is 0 Å².